The first-order valence-electron chi connectivity index (χ1n) is 13.2. The normalized spacial score (nSPS) is 23.2. The summed E-state index contributed by atoms with van der Waals surface area (Å²) >= 11 is 0. The topological polar surface area (TPSA) is 106 Å². The second-order valence-electron chi connectivity index (χ2n) is 13.0. The monoisotopic (exact) mass is 531 g/mol. The molecule has 37 heavy (non-hydrogen) atoms. The first-order chi connectivity index (χ1) is 17.2. The van der Waals surface area contributed by atoms with Crippen molar-refractivity contribution in [1.29, 1.82) is 0 Å². The van der Waals surface area contributed by atoms with Gasteiger partial charge in [0, 0.05) is 28.1 Å². The largest absolute Gasteiger partial charge is 0.396 e. The maximum absolute atomic E-state index is 14.8. The van der Waals surface area contributed by atoms with Crippen molar-refractivity contribution in [2.45, 2.75) is 89.4 Å². The maximum Gasteiger partial charge on any atom is 0.318 e. The highest BCUT2D eigenvalue weighted by atomic mass is 28.3. The van der Waals surface area contributed by atoms with E-state index in [-0.39, 0.29) is 23.6 Å². The predicted octanol–water partition coefficient (Wildman–Crippen LogP) is 3.76. The molecule has 0 bridgehead atoms. The van der Waals surface area contributed by atoms with E-state index in [9.17, 15) is 19.1 Å². The van der Waals surface area contributed by atoms with Crippen molar-refractivity contribution < 1.29 is 19.1 Å². The Morgan fingerprint density at radius 1 is 1.24 bits per heavy atom. The summed E-state index contributed by atoms with van der Waals surface area (Å²) in [5.41, 5.74) is 7.02. The molecule has 3 amide bonds. The Morgan fingerprint density at radius 3 is 2.43 bits per heavy atom. The fourth-order valence-corrected chi connectivity index (χ4v) is 8.54. The summed E-state index contributed by atoms with van der Waals surface area (Å²) in [4.78, 5) is 28.9. The molecule has 0 spiro atoms. The Hall–Kier alpha value is -2.43. The molecule has 0 radical (unpaired) electrons. The lowest BCUT2D eigenvalue weighted by Gasteiger charge is -2.49. The Labute approximate surface area is 220 Å². The molecule has 2 aliphatic heterocycles. The molecule has 2 unspecified atom stereocenters. The van der Waals surface area contributed by atoms with Crippen molar-refractivity contribution in [2.75, 3.05) is 13.2 Å². The number of carbonyl (C=O) groups excluding carboxylic acids is 2. The van der Waals surface area contributed by atoms with Crippen LogP contribution in [-0.2, 0) is 4.79 Å². The highest BCUT2D eigenvalue weighted by Gasteiger charge is 2.55. The number of hydrogen-bond acceptors (Lipinski definition) is 5. The molecule has 4 rings (SSSR count). The van der Waals surface area contributed by atoms with E-state index in [0.717, 1.165) is 30.5 Å². The molecule has 2 heterocycles. The molecule has 1 saturated carbocycles. The van der Waals surface area contributed by atoms with Crippen LogP contribution in [0.3, 0.4) is 0 Å². The van der Waals surface area contributed by atoms with Gasteiger partial charge in [0.2, 0.25) is 5.91 Å². The molecular weight excluding hydrogens is 489 g/mol. The maximum atomic E-state index is 14.8. The summed E-state index contributed by atoms with van der Waals surface area (Å²) < 4.78 is 14.8. The third-order valence-electron chi connectivity index (χ3n) is 8.90. The number of carbonyl (C=O) groups is 2. The van der Waals surface area contributed by atoms with Crippen molar-refractivity contribution in [3.05, 3.63) is 46.9 Å². The van der Waals surface area contributed by atoms with Crippen LogP contribution in [-0.4, -0.2) is 54.9 Å². The van der Waals surface area contributed by atoms with E-state index in [4.69, 9.17) is 0 Å². The van der Waals surface area contributed by atoms with Gasteiger partial charge in [0.25, 0.3) is 0 Å². The van der Waals surface area contributed by atoms with Gasteiger partial charge in [0.1, 0.15) is 12.0 Å². The minimum Gasteiger partial charge on any atom is -0.396 e. The number of aliphatic hydroxyl groups excluding tert-OH is 1. The fraction of sp³-hybridized carbons (Fsp3) is 0.630. The van der Waals surface area contributed by atoms with Gasteiger partial charge in [-0.1, -0.05) is 58.1 Å². The molecule has 3 aliphatic rings. The molecule has 10 heteroatoms. The Balaban J connectivity index is 1.53. The molecule has 1 fully saturated rings. The Kier molecular flexibility index (Phi) is 7.01. The van der Waals surface area contributed by atoms with Gasteiger partial charge in [-0.3, -0.25) is 4.79 Å². The number of amides is 3. The lowest BCUT2D eigenvalue weighted by Crippen LogP contribution is -2.60. The first-order valence-corrected chi connectivity index (χ1v) is 16.7. The van der Waals surface area contributed by atoms with Crippen molar-refractivity contribution in [1.82, 2.24) is 26.4 Å². The van der Waals surface area contributed by atoms with Crippen LogP contribution in [0.5, 0.6) is 0 Å². The Morgan fingerprint density at radius 2 is 1.89 bits per heavy atom. The van der Waals surface area contributed by atoms with E-state index in [2.05, 4.69) is 41.1 Å². The average molecular weight is 532 g/mol. The molecule has 0 saturated heterocycles. The van der Waals surface area contributed by atoms with Gasteiger partial charge < -0.3 is 26.1 Å². The van der Waals surface area contributed by atoms with Crippen LogP contribution >= 0.6 is 0 Å². The number of halogens is 1. The van der Waals surface area contributed by atoms with Crippen molar-refractivity contribution >= 4 is 20.0 Å². The third kappa shape index (κ3) is 4.57. The van der Waals surface area contributed by atoms with E-state index >= 15 is 0 Å². The van der Waals surface area contributed by atoms with Crippen LogP contribution in [0.2, 0.25) is 24.7 Å². The zero-order chi connectivity index (χ0) is 27.4. The SMILES string of the molecule is CC(C)(CO)C(NC(=O)N1CC2=C(NNC2NC(=O)C2([Si](C)(C)C)CCC2)C1(C)C)c1ccccc1F. The summed E-state index contributed by atoms with van der Waals surface area (Å²) in [6, 6.07) is 5.21. The zero-order valence-corrected chi connectivity index (χ0v) is 24.1. The highest BCUT2D eigenvalue weighted by molar-refractivity contribution is 6.82. The number of nitrogens with one attached hydrogen (secondary N) is 4. The van der Waals surface area contributed by atoms with Crippen LogP contribution in [0.1, 0.15) is 58.6 Å². The standard InChI is InChI=1S/C27H42FN5O3Si/c1-25(2,16-34)20(17-11-8-9-12-19(17)28)29-24(36)33-15-18-21(26(33,3)4)31-32-22(18)30-23(35)27(13-10-14-27)37(5,6)7/h8-9,11-12,20,22,31-32,34H,10,13-16H2,1-7H3,(H,29,36)(H,30,35). The molecule has 8 nitrogen and oxygen atoms in total. The number of aliphatic hydroxyl groups is 1. The smallest absolute Gasteiger partial charge is 0.318 e. The van der Waals surface area contributed by atoms with E-state index in [1.807, 2.05) is 13.8 Å². The Bertz CT molecular complexity index is 1110. The van der Waals surface area contributed by atoms with Gasteiger partial charge >= 0.3 is 6.03 Å². The lowest BCUT2D eigenvalue weighted by molar-refractivity contribution is -0.127. The van der Waals surface area contributed by atoms with E-state index in [1.54, 1.807) is 36.9 Å². The second kappa shape index (κ2) is 9.39. The molecule has 1 aliphatic carbocycles. The zero-order valence-electron chi connectivity index (χ0n) is 23.1. The van der Waals surface area contributed by atoms with Crippen LogP contribution in [0, 0.1) is 11.2 Å². The van der Waals surface area contributed by atoms with Crippen molar-refractivity contribution in [3.8, 4) is 0 Å². The van der Waals surface area contributed by atoms with Crippen molar-refractivity contribution in [2.24, 2.45) is 5.41 Å². The third-order valence-corrected chi connectivity index (χ3v) is 12.5. The van der Waals surface area contributed by atoms with Crippen LogP contribution in [0.4, 0.5) is 9.18 Å². The highest BCUT2D eigenvalue weighted by Crippen LogP contribution is 2.55. The summed E-state index contributed by atoms with van der Waals surface area (Å²) in [7, 11) is -1.73. The minimum absolute atomic E-state index is 0.0935. The van der Waals surface area contributed by atoms with Gasteiger partial charge in [0.15, 0.2) is 0 Å². The first kappa shape index (κ1) is 27.6. The number of hydrazine groups is 1. The fourth-order valence-electron chi connectivity index (χ4n) is 5.94. The van der Waals surface area contributed by atoms with Crippen LogP contribution in [0.25, 0.3) is 0 Å². The number of hydrogen-bond donors (Lipinski definition) is 5. The molecule has 5 N–H and O–H groups in total. The van der Waals surface area contributed by atoms with Gasteiger partial charge in [-0.25, -0.2) is 14.6 Å². The number of nitrogens with zero attached hydrogens (tertiary/aromatic N) is 1. The van der Waals surface area contributed by atoms with Crippen LogP contribution < -0.4 is 21.5 Å². The average Bonchev–Trinajstić information content (AvgIpc) is 3.28. The van der Waals surface area contributed by atoms with E-state index in [0.29, 0.717) is 12.1 Å². The number of benzene rings is 1. The van der Waals surface area contributed by atoms with E-state index in [1.165, 1.54) is 6.07 Å². The quantitative estimate of drug-likeness (QED) is 0.345. The number of rotatable bonds is 7. The van der Waals surface area contributed by atoms with Crippen molar-refractivity contribution in [3.63, 3.8) is 0 Å². The van der Waals surface area contributed by atoms with Gasteiger partial charge in [-0.2, -0.15) is 0 Å². The molecular formula is C27H42FN5O3Si. The molecule has 0 aromatic heterocycles. The number of urea groups is 1. The van der Waals surface area contributed by atoms with Gasteiger partial charge in [0.05, 0.1) is 32.0 Å². The summed E-state index contributed by atoms with van der Waals surface area (Å²) in [6.45, 7) is 14.3. The second-order valence-corrected chi connectivity index (χ2v) is 18.4. The summed E-state index contributed by atoms with van der Waals surface area (Å²) in [5.74, 6) is -0.340. The van der Waals surface area contributed by atoms with Gasteiger partial charge in [-0.05, 0) is 32.8 Å². The lowest BCUT2D eigenvalue weighted by atomic mass is 9.81. The van der Waals surface area contributed by atoms with Crippen LogP contribution in [0.15, 0.2) is 35.5 Å². The molecule has 1 aromatic rings. The van der Waals surface area contributed by atoms with Gasteiger partial charge in [-0.15, -0.1) is 0 Å². The van der Waals surface area contributed by atoms with E-state index < -0.39 is 37.1 Å². The predicted molar refractivity (Wildman–Crippen MR) is 144 cm³/mol. The molecule has 204 valence electrons. The minimum atomic E-state index is -1.73. The summed E-state index contributed by atoms with van der Waals surface area (Å²) in [6.07, 6.45) is 2.53. The molecule has 1 aromatic carbocycles. The molecule has 2 atom stereocenters. The summed E-state index contributed by atoms with van der Waals surface area (Å²) in [5, 5.41) is 16.0.